The minimum absolute atomic E-state index is 0.123. The highest BCUT2D eigenvalue weighted by Gasteiger charge is 2.28. The molecule has 2 aliphatic heterocycles. The molecule has 11 heteroatoms. The second-order valence-electron chi connectivity index (χ2n) is 13.4. The van der Waals surface area contributed by atoms with Crippen molar-refractivity contribution in [3.63, 3.8) is 0 Å². The van der Waals surface area contributed by atoms with Gasteiger partial charge in [-0.2, -0.15) is 0 Å². The fourth-order valence-electron chi connectivity index (χ4n) is 6.42. The van der Waals surface area contributed by atoms with Crippen molar-refractivity contribution >= 4 is 34.3 Å². The number of anilines is 3. The number of aromatic hydroxyl groups is 1. The number of pyridine rings is 2. The molecular weight excluding hydrogens is 592 g/mol. The molecule has 248 valence electrons. The summed E-state index contributed by atoms with van der Waals surface area (Å²) in [5, 5.41) is 21.4. The molecule has 4 N–H and O–H groups in total. The van der Waals surface area contributed by atoms with Crippen LogP contribution in [0, 0.1) is 0 Å². The van der Waals surface area contributed by atoms with Crippen molar-refractivity contribution in [2.75, 3.05) is 41.7 Å². The zero-order chi connectivity index (χ0) is 33.0. The van der Waals surface area contributed by atoms with Crippen LogP contribution >= 0.6 is 0 Å². The van der Waals surface area contributed by atoms with Crippen LogP contribution in [-0.2, 0) is 28.9 Å². The Balaban J connectivity index is 1.13. The van der Waals surface area contributed by atoms with E-state index in [9.17, 15) is 9.90 Å². The molecule has 47 heavy (non-hydrogen) atoms. The number of esters is 1. The smallest absolute Gasteiger partial charge is 0.325 e. The van der Waals surface area contributed by atoms with Gasteiger partial charge in [0.25, 0.3) is 0 Å². The molecule has 0 unspecified atom stereocenters. The number of benzene rings is 1. The standard InChI is InChI=1S/C36H46N8O3/c1-5-27-33(40-22-41-34(27)44-18-15-23(16-19-44)28-14-12-25-9-7-17-37-32(25)43-28)39-21-29(35(46)47-36(2,3)4)38-20-26-13-11-24-8-6-10-30(45)31(24)42-26/h6,8,10-14,22-23,29,38,45H,5,7,9,15-21H2,1-4H3,(H,37,43)(H,39,40,41)/t29-/m0/s1. The van der Waals surface area contributed by atoms with Crippen LogP contribution in [0.3, 0.4) is 0 Å². The molecule has 0 spiro atoms. The zero-order valence-corrected chi connectivity index (χ0v) is 27.8. The number of piperidine rings is 1. The maximum absolute atomic E-state index is 13.3. The number of phenols is 1. The van der Waals surface area contributed by atoms with Gasteiger partial charge in [0, 0.05) is 55.3 Å². The van der Waals surface area contributed by atoms with Crippen molar-refractivity contribution in [3.05, 3.63) is 71.3 Å². The van der Waals surface area contributed by atoms with Gasteiger partial charge in [0.1, 0.15) is 46.7 Å². The quantitative estimate of drug-likeness (QED) is 0.168. The number of para-hydroxylation sites is 1. The van der Waals surface area contributed by atoms with Gasteiger partial charge in [-0.25, -0.2) is 19.9 Å². The minimum atomic E-state index is -0.673. The maximum Gasteiger partial charge on any atom is 0.325 e. The largest absolute Gasteiger partial charge is 0.506 e. The fourth-order valence-corrected chi connectivity index (χ4v) is 6.42. The highest BCUT2D eigenvalue weighted by molar-refractivity contribution is 5.84. The van der Waals surface area contributed by atoms with Gasteiger partial charge in [0.2, 0.25) is 0 Å². The number of nitrogens with zero attached hydrogens (tertiary/aromatic N) is 5. The highest BCUT2D eigenvalue weighted by atomic mass is 16.6. The van der Waals surface area contributed by atoms with E-state index < -0.39 is 11.6 Å². The number of aryl methyl sites for hydroxylation is 1. The summed E-state index contributed by atoms with van der Waals surface area (Å²) in [7, 11) is 0. The zero-order valence-electron chi connectivity index (χ0n) is 27.8. The van der Waals surface area contributed by atoms with Gasteiger partial charge in [0.05, 0.1) is 5.69 Å². The molecule has 3 aromatic heterocycles. The molecule has 1 aromatic carbocycles. The van der Waals surface area contributed by atoms with Crippen molar-refractivity contribution in [1.82, 2.24) is 25.3 Å². The summed E-state index contributed by atoms with van der Waals surface area (Å²) in [4.78, 5) is 34.6. The number of hydrogen-bond donors (Lipinski definition) is 4. The predicted octanol–water partition coefficient (Wildman–Crippen LogP) is 5.34. The Kier molecular flexibility index (Phi) is 9.72. The number of rotatable bonds is 10. The molecule has 1 atom stereocenters. The summed E-state index contributed by atoms with van der Waals surface area (Å²) in [6, 6.07) is 12.9. The topological polar surface area (TPSA) is 137 Å². The van der Waals surface area contributed by atoms with Gasteiger partial charge in [-0.1, -0.05) is 31.2 Å². The van der Waals surface area contributed by atoms with E-state index in [1.807, 2.05) is 39.0 Å². The van der Waals surface area contributed by atoms with Crippen LogP contribution in [0.25, 0.3) is 10.9 Å². The minimum Gasteiger partial charge on any atom is -0.506 e. The monoisotopic (exact) mass is 638 g/mol. The first-order valence-corrected chi connectivity index (χ1v) is 16.8. The van der Waals surface area contributed by atoms with Crippen LogP contribution in [0.1, 0.15) is 75.4 Å². The molecule has 6 rings (SSSR count). The molecular formula is C36H46N8O3. The first-order valence-electron chi connectivity index (χ1n) is 16.8. The van der Waals surface area contributed by atoms with E-state index >= 15 is 0 Å². The molecule has 11 nitrogen and oxygen atoms in total. The Bertz CT molecular complexity index is 1710. The van der Waals surface area contributed by atoms with Gasteiger partial charge in [-0.05, 0) is 76.6 Å². The van der Waals surface area contributed by atoms with Gasteiger partial charge >= 0.3 is 5.97 Å². The van der Waals surface area contributed by atoms with Gasteiger partial charge < -0.3 is 25.4 Å². The van der Waals surface area contributed by atoms with E-state index in [0.29, 0.717) is 29.5 Å². The number of fused-ring (bicyclic) bond motifs is 2. The van der Waals surface area contributed by atoms with E-state index in [-0.39, 0.29) is 18.3 Å². The SMILES string of the molecule is CCc1c(NC[C@H](NCc2ccc3cccc(O)c3n2)C(=O)OC(C)(C)C)ncnc1N1CCC(c2ccc3c(n2)NCCC3)CC1. The van der Waals surface area contributed by atoms with Crippen molar-refractivity contribution in [2.45, 2.75) is 83.9 Å². The molecule has 4 aromatic rings. The second kappa shape index (κ2) is 14.1. The number of ether oxygens (including phenoxy) is 1. The summed E-state index contributed by atoms with van der Waals surface area (Å²) >= 11 is 0. The predicted molar refractivity (Wildman–Crippen MR) is 185 cm³/mol. The molecule has 0 aliphatic carbocycles. The first-order chi connectivity index (χ1) is 22.7. The number of carbonyl (C=O) groups is 1. The number of phenolic OH excluding ortho intramolecular Hbond substituents is 1. The summed E-state index contributed by atoms with van der Waals surface area (Å²) in [6.07, 6.45) is 6.61. The number of aromatic nitrogens is 4. The van der Waals surface area contributed by atoms with Crippen LogP contribution < -0.4 is 20.9 Å². The average Bonchev–Trinajstić information content (AvgIpc) is 3.07. The Morgan fingerprint density at radius 1 is 1.11 bits per heavy atom. The highest BCUT2D eigenvalue weighted by Crippen LogP contribution is 2.33. The fraction of sp³-hybridized carbons (Fsp3) is 0.472. The first kappa shape index (κ1) is 32.4. The lowest BCUT2D eigenvalue weighted by molar-refractivity contribution is -0.157. The Labute approximate surface area is 276 Å². The Morgan fingerprint density at radius 3 is 2.72 bits per heavy atom. The third-order valence-electron chi connectivity index (χ3n) is 8.86. The molecule has 0 bridgehead atoms. The van der Waals surface area contributed by atoms with Crippen molar-refractivity contribution < 1.29 is 14.6 Å². The van der Waals surface area contributed by atoms with Gasteiger partial charge in [-0.3, -0.25) is 10.1 Å². The van der Waals surface area contributed by atoms with E-state index in [1.165, 1.54) is 11.3 Å². The molecule has 5 heterocycles. The molecule has 1 fully saturated rings. The lowest BCUT2D eigenvalue weighted by Crippen LogP contribution is -2.45. The summed E-state index contributed by atoms with van der Waals surface area (Å²) < 4.78 is 5.77. The number of hydrogen-bond acceptors (Lipinski definition) is 11. The van der Waals surface area contributed by atoms with Crippen LogP contribution in [0.2, 0.25) is 0 Å². The summed E-state index contributed by atoms with van der Waals surface area (Å²) in [5.41, 5.74) is 4.11. The molecule has 1 saturated heterocycles. The van der Waals surface area contributed by atoms with Crippen LogP contribution in [0.5, 0.6) is 5.75 Å². The number of nitrogens with one attached hydrogen (secondary N) is 3. The molecule has 0 saturated carbocycles. The Hall–Kier alpha value is -4.51. The van der Waals surface area contributed by atoms with Gasteiger partial charge in [-0.15, -0.1) is 0 Å². The van der Waals surface area contributed by atoms with E-state index in [1.54, 1.807) is 18.5 Å². The van der Waals surface area contributed by atoms with E-state index in [4.69, 9.17) is 14.7 Å². The van der Waals surface area contributed by atoms with Crippen LogP contribution in [0.4, 0.5) is 17.5 Å². The number of carbonyl (C=O) groups excluding carboxylic acids is 1. The normalized spacial score (nSPS) is 16.0. The van der Waals surface area contributed by atoms with Crippen molar-refractivity contribution in [1.29, 1.82) is 0 Å². The van der Waals surface area contributed by atoms with E-state index in [2.05, 4.69) is 49.9 Å². The summed E-state index contributed by atoms with van der Waals surface area (Å²) in [5.74, 6) is 2.89. The van der Waals surface area contributed by atoms with Crippen molar-refractivity contribution in [2.24, 2.45) is 0 Å². The maximum atomic E-state index is 13.3. The van der Waals surface area contributed by atoms with Crippen LogP contribution in [-0.4, -0.2) is 68.8 Å². The Morgan fingerprint density at radius 2 is 1.94 bits per heavy atom. The van der Waals surface area contributed by atoms with Crippen molar-refractivity contribution in [3.8, 4) is 5.75 Å². The average molecular weight is 639 g/mol. The molecule has 0 radical (unpaired) electrons. The summed E-state index contributed by atoms with van der Waals surface area (Å²) in [6.45, 7) is 11.0. The molecule has 0 amide bonds. The third kappa shape index (κ3) is 7.73. The lowest BCUT2D eigenvalue weighted by atomic mass is 9.92. The van der Waals surface area contributed by atoms with Gasteiger partial charge in [0.15, 0.2) is 0 Å². The van der Waals surface area contributed by atoms with Crippen LogP contribution in [0.15, 0.2) is 48.8 Å². The second-order valence-corrected chi connectivity index (χ2v) is 13.4. The molecule has 2 aliphatic rings. The van der Waals surface area contributed by atoms with E-state index in [0.717, 1.165) is 74.3 Å². The lowest BCUT2D eigenvalue weighted by Gasteiger charge is -2.34. The third-order valence-corrected chi connectivity index (χ3v) is 8.86.